The quantitative estimate of drug-likeness (QED) is 0.304. The van der Waals surface area contributed by atoms with Crippen molar-refractivity contribution in [3.63, 3.8) is 0 Å². The van der Waals surface area contributed by atoms with Crippen LogP contribution in [0.2, 0.25) is 10.0 Å². The van der Waals surface area contributed by atoms with Gasteiger partial charge in [-0.25, -0.2) is 0 Å². The molecule has 1 atom stereocenters. The summed E-state index contributed by atoms with van der Waals surface area (Å²) in [4.78, 5) is 15.1. The first kappa shape index (κ1) is 20.2. The maximum Gasteiger partial charge on any atom is 0.266 e. The number of hydrogen-bond donors (Lipinski definition) is 0. The minimum atomic E-state index is -0.144. The molecule has 1 saturated heterocycles. The Balaban J connectivity index is 1.59. The summed E-state index contributed by atoms with van der Waals surface area (Å²) in [5.74, 6) is 1.03. The highest BCUT2D eigenvalue weighted by Gasteiger charge is 2.36. The van der Waals surface area contributed by atoms with E-state index in [2.05, 4.69) is 0 Å². The average molecular weight is 460 g/mol. The monoisotopic (exact) mass is 459 g/mol. The van der Waals surface area contributed by atoms with Crippen molar-refractivity contribution in [3.05, 3.63) is 86.9 Å². The van der Waals surface area contributed by atoms with E-state index >= 15 is 0 Å². The third kappa shape index (κ3) is 4.14. The molecule has 2 heterocycles. The molecule has 3 nitrogen and oxygen atoms in total. The zero-order chi connectivity index (χ0) is 20.5. The Hall–Kier alpha value is -2.05. The van der Waals surface area contributed by atoms with Gasteiger partial charge in [-0.2, -0.15) is 0 Å². The third-order valence-corrected chi connectivity index (χ3v) is 6.47. The van der Waals surface area contributed by atoms with Crippen LogP contribution in [-0.4, -0.2) is 15.1 Å². The van der Waals surface area contributed by atoms with Gasteiger partial charge in [0.25, 0.3) is 5.91 Å². The number of carbonyl (C=O) groups is 1. The summed E-state index contributed by atoms with van der Waals surface area (Å²) in [6, 6.07) is 18.5. The maximum absolute atomic E-state index is 13.0. The summed E-state index contributed by atoms with van der Waals surface area (Å²) in [5, 5.41) is 1.06. The lowest BCUT2D eigenvalue weighted by Gasteiger charge is -2.23. The fraction of sp³-hybridized carbons (Fsp3) is 0.0909. The Bertz CT molecular complexity index is 1120. The number of nitrogens with zero attached hydrogens (tertiary/aromatic N) is 1. The fourth-order valence-electron chi connectivity index (χ4n) is 3.09. The molecule has 0 radical (unpaired) electrons. The van der Waals surface area contributed by atoms with Crippen LogP contribution >= 0.6 is 47.2 Å². The summed E-state index contributed by atoms with van der Waals surface area (Å²) in [6.45, 7) is 1.97. The number of amides is 1. The highest BCUT2D eigenvalue weighted by atomic mass is 35.5. The minimum absolute atomic E-state index is 0.126. The van der Waals surface area contributed by atoms with Crippen molar-refractivity contribution in [1.82, 2.24) is 4.90 Å². The van der Waals surface area contributed by atoms with E-state index in [0.29, 0.717) is 30.8 Å². The zero-order valence-electron chi connectivity index (χ0n) is 15.3. The van der Waals surface area contributed by atoms with Gasteiger partial charge < -0.3 is 4.42 Å². The molecule has 1 aliphatic rings. The Morgan fingerprint density at radius 3 is 2.59 bits per heavy atom. The van der Waals surface area contributed by atoms with Crippen molar-refractivity contribution in [2.45, 2.75) is 13.0 Å². The van der Waals surface area contributed by atoms with E-state index in [4.69, 9.17) is 39.8 Å². The number of hydrogen-bond acceptors (Lipinski definition) is 4. The van der Waals surface area contributed by atoms with Crippen molar-refractivity contribution in [2.75, 3.05) is 0 Å². The molecule has 0 saturated carbocycles. The number of thioether (sulfide) groups is 1. The van der Waals surface area contributed by atoms with Crippen molar-refractivity contribution < 1.29 is 9.21 Å². The van der Waals surface area contributed by atoms with Crippen molar-refractivity contribution in [2.24, 2.45) is 0 Å². The Kier molecular flexibility index (Phi) is 5.83. The van der Waals surface area contributed by atoms with Gasteiger partial charge in [0.2, 0.25) is 0 Å². The molecular formula is C22H15Cl2NO2S2. The largest absolute Gasteiger partial charge is 0.457 e. The lowest BCUT2D eigenvalue weighted by molar-refractivity contribution is -0.123. The molecule has 29 heavy (non-hydrogen) atoms. The van der Waals surface area contributed by atoms with Crippen LogP contribution in [0.25, 0.3) is 17.4 Å². The van der Waals surface area contributed by atoms with Crippen LogP contribution in [-0.2, 0) is 4.79 Å². The van der Waals surface area contributed by atoms with Gasteiger partial charge in [-0.05, 0) is 42.8 Å². The SMILES string of the molecule is C[C@H](c1ccccc1)N1C(=O)/C(=C\c2ccc(-c3ccc(Cl)cc3Cl)o2)SC1=S. The summed E-state index contributed by atoms with van der Waals surface area (Å²) < 4.78 is 6.42. The van der Waals surface area contributed by atoms with E-state index in [1.54, 1.807) is 35.2 Å². The van der Waals surface area contributed by atoms with Gasteiger partial charge in [0.05, 0.1) is 16.0 Å². The van der Waals surface area contributed by atoms with Gasteiger partial charge in [-0.3, -0.25) is 9.69 Å². The standard InChI is InChI=1S/C22H15Cl2NO2S2/c1-13(14-5-3-2-4-6-14)25-21(26)20(29-22(25)28)12-16-8-10-19(27-16)17-9-7-15(23)11-18(17)24/h2-13H,1H3/b20-12+/t13-/m1/s1. The summed E-state index contributed by atoms with van der Waals surface area (Å²) >= 11 is 19.0. The van der Waals surface area contributed by atoms with E-state index in [-0.39, 0.29) is 11.9 Å². The van der Waals surface area contributed by atoms with Gasteiger partial charge in [0.1, 0.15) is 15.8 Å². The molecule has 0 aliphatic carbocycles. The van der Waals surface area contributed by atoms with Crippen LogP contribution in [0.5, 0.6) is 0 Å². The van der Waals surface area contributed by atoms with Crippen LogP contribution in [0.1, 0.15) is 24.3 Å². The molecule has 4 rings (SSSR count). The molecule has 0 spiro atoms. The number of halogens is 2. The molecule has 7 heteroatoms. The fourth-order valence-corrected chi connectivity index (χ4v) is 4.99. The molecule has 0 N–H and O–H groups in total. The second-order valence-electron chi connectivity index (χ2n) is 6.46. The van der Waals surface area contributed by atoms with Crippen LogP contribution in [0.15, 0.2) is 70.0 Å². The zero-order valence-corrected chi connectivity index (χ0v) is 18.4. The number of carbonyl (C=O) groups excluding carboxylic acids is 1. The van der Waals surface area contributed by atoms with Crippen molar-refractivity contribution >= 4 is 63.5 Å². The van der Waals surface area contributed by atoms with Crippen molar-refractivity contribution in [1.29, 1.82) is 0 Å². The van der Waals surface area contributed by atoms with Gasteiger partial charge in [-0.15, -0.1) is 0 Å². The molecule has 1 fully saturated rings. The smallest absolute Gasteiger partial charge is 0.266 e. The topological polar surface area (TPSA) is 33.5 Å². The Morgan fingerprint density at radius 1 is 1.10 bits per heavy atom. The van der Waals surface area contributed by atoms with Crippen LogP contribution in [0, 0.1) is 0 Å². The van der Waals surface area contributed by atoms with Gasteiger partial charge in [0.15, 0.2) is 0 Å². The van der Waals surface area contributed by atoms with E-state index < -0.39 is 0 Å². The van der Waals surface area contributed by atoms with E-state index in [0.717, 1.165) is 11.1 Å². The van der Waals surface area contributed by atoms with Gasteiger partial charge in [-0.1, -0.05) is 77.5 Å². The lowest BCUT2D eigenvalue weighted by atomic mass is 10.1. The third-order valence-electron chi connectivity index (χ3n) is 4.59. The molecule has 146 valence electrons. The van der Waals surface area contributed by atoms with Gasteiger partial charge >= 0.3 is 0 Å². The Labute approximate surface area is 188 Å². The molecule has 1 aromatic heterocycles. The number of furan rings is 1. The van der Waals surface area contributed by atoms with E-state index in [1.165, 1.54) is 11.8 Å². The lowest BCUT2D eigenvalue weighted by Crippen LogP contribution is -2.30. The molecule has 1 amide bonds. The summed E-state index contributed by atoms with van der Waals surface area (Å²) in [6.07, 6.45) is 1.71. The molecule has 2 aromatic carbocycles. The van der Waals surface area contributed by atoms with E-state index in [9.17, 15) is 4.79 Å². The predicted octanol–water partition coefficient (Wildman–Crippen LogP) is 7.22. The van der Waals surface area contributed by atoms with Crippen LogP contribution in [0.3, 0.4) is 0 Å². The number of thiocarbonyl (C=S) groups is 1. The average Bonchev–Trinajstić information content (AvgIpc) is 3.26. The number of benzene rings is 2. The second-order valence-corrected chi connectivity index (χ2v) is 8.98. The second kappa shape index (κ2) is 8.36. The van der Waals surface area contributed by atoms with Crippen LogP contribution in [0.4, 0.5) is 0 Å². The highest BCUT2D eigenvalue weighted by molar-refractivity contribution is 8.26. The predicted molar refractivity (Wildman–Crippen MR) is 124 cm³/mol. The maximum atomic E-state index is 13.0. The van der Waals surface area contributed by atoms with E-state index in [1.807, 2.05) is 43.3 Å². The molecular weight excluding hydrogens is 445 g/mol. The molecule has 1 aliphatic heterocycles. The van der Waals surface area contributed by atoms with Crippen LogP contribution < -0.4 is 0 Å². The molecule has 0 unspecified atom stereocenters. The first-order chi connectivity index (χ1) is 13.9. The highest BCUT2D eigenvalue weighted by Crippen LogP contribution is 2.39. The normalized spacial score (nSPS) is 16.7. The van der Waals surface area contributed by atoms with Gasteiger partial charge in [0, 0.05) is 16.7 Å². The number of rotatable bonds is 4. The van der Waals surface area contributed by atoms with Crippen molar-refractivity contribution in [3.8, 4) is 11.3 Å². The first-order valence-corrected chi connectivity index (χ1v) is 10.8. The molecule has 3 aromatic rings. The Morgan fingerprint density at radius 2 is 1.86 bits per heavy atom. The minimum Gasteiger partial charge on any atom is -0.457 e. The summed E-state index contributed by atoms with van der Waals surface area (Å²) in [5.41, 5.74) is 1.77. The summed E-state index contributed by atoms with van der Waals surface area (Å²) in [7, 11) is 0. The molecule has 0 bridgehead atoms. The first-order valence-electron chi connectivity index (χ1n) is 8.81.